The molecule has 3 rings (SSSR count). The quantitative estimate of drug-likeness (QED) is 0.454. The van der Waals surface area contributed by atoms with Gasteiger partial charge in [-0.25, -0.2) is 4.79 Å². The van der Waals surface area contributed by atoms with Crippen molar-refractivity contribution in [2.24, 2.45) is 11.8 Å². The SMILES string of the molecule is CCc1cccc(OCCOC(=O)c2cc(OC)c(OC)cc2NC(=O)C2CC2C)c1. The smallest absolute Gasteiger partial charge is 0.340 e. The van der Waals surface area contributed by atoms with Crippen molar-refractivity contribution in [1.82, 2.24) is 0 Å². The third-order valence-corrected chi connectivity index (χ3v) is 5.34. The van der Waals surface area contributed by atoms with E-state index in [0.717, 1.165) is 18.6 Å². The summed E-state index contributed by atoms with van der Waals surface area (Å²) < 4.78 is 21.7. The Morgan fingerprint density at radius 3 is 2.42 bits per heavy atom. The Labute approximate surface area is 182 Å². The summed E-state index contributed by atoms with van der Waals surface area (Å²) in [4.78, 5) is 25.2. The molecule has 1 fully saturated rings. The summed E-state index contributed by atoms with van der Waals surface area (Å²) in [6.45, 7) is 4.37. The number of amides is 1. The fourth-order valence-corrected chi connectivity index (χ4v) is 3.29. The number of methoxy groups -OCH3 is 2. The van der Waals surface area contributed by atoms with Crippen LogP contribution in [0.5, 0.6) is 17.2 Å². The summed E-state index contributed by atoms with van der Waals surface area (Å²) >= 11 is 0. The molecule has 0 aliphatic heterocycles. The Hall–Kier alpha value is -3.22. The van der Waals surface area contributed by atoms with E-state index in [1.165, 1.54) is 25.8 Å². The molecule has 1 aliphatic carbocycles. The van der Waals surface area contributed by atoms with Gasteiger partial charge >= 0.3 is 5.97 Å². The minimum absolute atomic E-state index is 0.0377. The molecule has 166 valence electrons. The Morgan fingerprint density at radius 2 is 1.77 bits per heavy atom. The molecule has 0 spiro atoms. The lowest BCUT2D eigenvalue weighted by Gasteiger charge is -2.15. The predicted octanol–water partition coefficient (Wildman–Crippen LogP) is 4.10. The van der Waals surface area contributed by atoms with Crippen molar-refractivity contribution in [3.63, 3.8) is 0 Å². The van der Waals surface area contributed by atoms with Crippen LogP contribution in [0.2, 0.25) is 0 Å². The van der Waals surface area contributed by atoms with Crippen LogP contribution in [0.3, 0.4) is 0 Å². The highest BCUT2D eigenvalue weighted by atomic mass is 16.6. The topological polar surface area (TPSA) is 83.1 Å². The highest BCUT2D eigenvalue weighted by Crippen LogP contribution is 2.40. The maximum atomic E-state index is 12.8. The van der Waals surface area contributed by atoms with Gasteiger partial charge in [0.25, 0.3) is 0 Å². The van der Waals surface area contributed by atoms with Crippen molar-refractivity contribution in [3.05, 3.63) is 47.5 Å². The average Bonchev–Trinajstić information content (AvgIpc) is 3.53. The van der Waals surface area contributed by atoms with Crippen LogP contribution < -0.4 is 19.5 Å². The zero-order valence-electron chi connectivity index (χ0n) is 18.4. The highest BCUT2D eigenvalue weighted by molar-refractivity contribution is 6.03. The predicted molar refractivity (Wildman–Crippen MR) is 117 cm³/mol. The van der Waals surface area contributed by atoms with E-state index in [0.29, 0.717) is 23.1 Å². The second-order valence-electron chi connectivity index (χ2n) is 7.55. The van der Waals surface area contributed by atoms with E-state index >= 15 is 0 Å². The largest absolute Gasteiger partial charge is 0.493 e. The van der Waals surface area contributed by atoms with Crippen LogP contribution in [0.4, 0.5) is 5.69 Å². The summed E-state index contributed by atoms with van der Waals surface area (Å²) in [7, 11) is 2.98. The van der Waals surface area contributed by atoms with E-state index in [4.69, 9.17) is 18.9 Å². The van der Waals surface area contributed by atoms with Crippen LogP contribution in [0.1, 0.15) is 36.2 Å². The van der Waals surface area contributed by atoms with E-state index in [-0.39, 0.29) is 30.6 Å². The monoisotopic (exact) mass is 427 g/mol. The number of benzene rings is 2. The lowest BCUT2D eigenvalue weighted by Crippen LogP contribution is -2.19. The zero-order valence-corrected chi connectivity index (χ0v) is 18.4. The van der Waals surface area contributed by atoms with Gasteiger partial charge in [-0.1, -0.05) is 26.0 Å². The molecule has 2 unspecified atom stereocenters. The van der Waals surface area contributed by atoms with E-state index in [9.17, 15) is 9.59 Å². The standard InChI is InChI=1S/C24H29NO6/c1-5-16-7-6-8-17(12-16)30-9-10-31-24(27)19-13-21(28-3)22(29-4)14-20(19)25-23(26)18-11-15(18)2/h6-8,12-15,18H,5,9-11H2,1-4H3,(H,25,26). The van der Waals surface area contributed by atoms with Gasteiger partial charge in [-0.3, -0.25) is 4.79 Å². The van der Waals surface area contributed by atoms with Gasteiger partial charge in [-0.15, -0.1) is 0 Å². The lowest BCUT2D eigenvalue weighted by molar-refractivity contribution is -0.117. The Balaban J connectivity index is 1.66. The van der Waals surface area contributed by atoms with Crippen LogP contribution in [0.15, 0.2) is 36.4 Å². The number of hydrogen-bond acceptors (Lipinski definition) is 6. The number of nitrogens with one attached hydrogen (secondary N) is 1. The van der Waals surface area contributed by atoms with Crippen LogP contribution in [-0.2, 0) is 16.0 Å². The number of ether oxygens (including phenoxy) is 4. The second-order valence-corrected chi connectivity index (χ2v) is 7.55. The molecular formula is C24H29NO6. The number of rotatable bonds is 10. The van der Waals surface area contributed by atoms with Crippen molar-refractivity contribution >= 4 is 17.6 Å². The van der Waals surface area contributed by atoms with Crippen LogP contribution in [0, 0.1) is 11.8 Å². The Morgan fingerprint density at radius 1 is 1.06 bits per heavy atom. The molecule has 1 N–H and O–H groups in total. The molecule has 2 aromatic carbocycles. The van der Waals surface area contributed by atoms with Gasteiger partial charge in [0, 0.05) is 18.1 Å². The summed E-state index contributed by atoms with van der Waals surface area (Å²) in [5.41, 5.74) is 1.71. The zero-order chi connectivity index (χ0) is 22.4. The molecule has 1 aliphatic rings. The van der Waals surface area contributed by atoms with Crippen molar-refractivity contribution in [1.29, 1.82) is 0 Å². The summed E-state index contributed by atoms with van der Waals surface area (Å²) in [6, 6.07) is 10.9. The van der Waals surface area contributed by atoms with Gasteiger partial charge in [0.1, 0.15) is 19.0 Å². The third kappa shape index (κ3) is 5.69. The fraction of sp³-hybridized carbons (Fsp3) is 0.417. The maximum absolute atomic E-state index is 12.8. The molecule has 0 bridgehead atoms. The highest BCUT2D eigenvalue weighted by Gasteiger charge is 2.39. The molecular weight excluding hydrogens is 398 g/mol. The molecule has 0 saturated heterocycles. The van der Waals surface area contributed by atoms with E-state index in [2.05, 4.69) is 12.2 Å². The van der Waals surface area contributed by atoms with Gasteiger partial charge in [0.2, 0.25) is 5.91 Å². The molecule has 7 nitrogen and oxygen atoms in total. The Kier molecular flexibility index (Phi) is 7.39. The van der Waals surface area contributed by atoms with E-state index < -0.39 is 5.97 Å². The van der Waals surface area contributed by atoms with Gasteiger partial charge in [-0.05, 0) is 36.5 Å². The number of carbonyl (C=O) groups is 2. The first kappa shape index (κ1) is 22.5. The maximum Gasteiger partial charge on any atom is 0.340 e. The molecule has 7 heteroatoms. The van der Waals surface area contributed by atoms with Crippen LogP contribution >= 0.6 is 0 Å². The van der Waals surface area contributed by atoms with E-state index in [1.807, 2.05) is 31.2 Å². The van der Waals surface area contributed by atoms with Crippen molar-refractivity contribution in [3.8, 4) is 17.2 Å². The van der Waals surface area contributed by atoms with Gasteiger partial charge in [0.05, 0.1) is 25.5 Å². The average molecular weight is 427 g/mol. The molecule has 31 heavy (non-hydrogen) atoms. The summed E-state index contributed by atoms with van der Waals surface area (Å²) in [6.07, 6.45) is 1.76. The number of carbonyl (C=O) groups excluding carboxylic acids is 2. The molecule has 0 radical (unpaired) electrons. The second kappa shape index (κ2) is 10.2. The minimum Gasteiger partial charge on any atom is -0.493 e. The first-order valence-corrected chi connectivity index (χ1v) is 10.4. The lowest BCUT2D eigenvalue weighted by atomic mass is 10.1. The molecule has 1 amide bonds. The molecule has 0 aromatic heterocycles. The van der Waals surface area contributed by atoms with Crippen molar-refractivity contribution in [2.45, 2.75) is 26.7 Å². The molecule has 2 atom stereocenters. The minimum atomic E-state index is -0.578. The van der Waals surface area contributed by atoms with Crippen molar-refractivity contribution < 1.29 is 28.5 Å². The van der Waals surface area contributed by atoms with Crippen LogP contribution in [-0.4, -0.2) is 39.3 Å². The first-order chi connectivity index (χ1) is 15.0. The van der Waals surface area contributed by atoms with Gasteiger partial charge in [0.15, 0.2) is 11.5 Å². The fourth-order valence-electron chi connectivity index (χ4n) is 3.29. The summed E-state index contributed by atoms with van der Waals surface area (Å²) in [5.74, 6) is 1.13. The van der Waals surface area contributed by atoms with E-state index in [1.54, 1.807) is 6.07 Å². The number of aryl methyl sites for hydroxylation is 1. The van der Waals surface area contributed by atoms with Gasteiger partial charge in [-0.2, -0.15) is 0 Å². The van der Waals surface area contributed by atoms with Crippen LogP contribution in [0.25, 0.3) is 0 Å². The number of anilines is 1. The van der Waals surface area contributed by atoms with Gasteiger partial charge < -0.3 is 24.3 Å². The molecule has 1 saturated carbocycles. The first-order valence-electron chi connectivity index (χ1n) is 10.4. The third-order valence-electron chi connectivity index (χ3n) is 5.34. The normalized spacial score (nSPS) is 16.9. The molecule has 0 heterocycles. The summed E-state index contributed by atoms with van der Waals surface area (Å²) in [5, 5.41) is 2.83. The van der Waals surface area contributed by atoms with Crippen molar-refractivity contribution in [2.75, 3.05) is 32.8 Å². The number of esters is 1. The molecule has 2 aromatic rings. The Bertz CT molecular complexity index is 942. The number of hydrogen-bond donors (Lipinski definition) is 1.